The van der Waals surface area contributed by atoms with Gasteiger partial charge in [0.15, 0.2) is 5.76 Å². The molecule has 0 aliphatic rings. The number of nitrogens with one attached hydrogen (secondary N) is 2. The van der Waals surface area contributed by atoms with Gasteiger partial charge in [0.1, 0.15) is 5.82 Å². The number of halogens is 1. The first-order valence-electron chi connectivity index (χ1n) is 10.1. The minimum atomic E-state index is -0.336. The number of nitrogens with zero attached hydrogens (tertiary/aromatic N) is 1. The van der Waals surface area contributed by atoms with E-state index in [0.717, 1.165) is 17.3 Å². The number of hydrogen-bond acceptors (Lipinski definition) is 5. The van der Waals surface area contributed by atoms with Crippen molar-refractivity contribution >= 4 is 35.0 Å². The van der Waals surface area contributed by atoms with E-state index in [2.05, 4.69) is 15.6 Å². The fraction of sp³-hybridized carbons (Fsp3) is 0.0800. The van der Waals surface area contributed by atoms with Gasteiger partial charge in [-0.25, -0.2) is 9.37 Å². The molecule has 0 unspecified atom stereocenters. The molecule has 2 N–H and O–H groups in total. The van der Waals surface area contributed by atoms with Gasteiger partial charge in [-0.3, -0.25) is 9.59 Å². The molecule has 8 heteroatoms. The number of oxazole rings is 1. The lowest BCUT2D eigenvalue weighted by molar-refractivity contribution is -0.113. The number of anilines is 2. The summed E-state index contributed by atoms with van der Waals surface area (Å²) in [4.78, 5) is 29.4. The predicted molar refractivity (Wildman–Crippen MR) is 127 cm³/mol. The third kappa shape index (κ3) is 5.87. The smallest absolute Gasteiger partial charge is 0.257 e. The van der Waals surface area contributed by atoms with Crippen LogP contribution >= 0.6 is 11.8 Å². The van der Waals surface area contributed by atoms with E-state index in [1.165, 1.54) is 18.3 Å². The Kier molecular flexibility index (Phi) is 6.85. The fourth-order valence-electron chi connectivity index (χ4n) is 3.10. The minimum absolute atomic E-state index is 0.0389. The van der Waals surface area contributed by atoms with E-state index in [9.17, 15) is 14.0 Å². The highest BCUT2D eigenvalue weighted by atomic mass is 32.2. The van der Waals surface area contributed by atoms with Crippen LogP contribution in [0, 0.1) is 12.7 Å². The third-order valence-corrected chi connectivity index (χ3v) is 5.50. The van der Waals surface area contributed by atoms with Gasteiger partial charge in [-0.15, -0.1) is 0 Å². The summed E-state index contributed by atoms with van der Waals surface area (Å²) in [5, 5.41) is 5.94. The second-order valence-electron chi connectivity index (χ2n) is 7.20. The van der Waals surface area contributed by atoms with E-state index in [1.807, 2.05) is 25.1 Å². The zero-order valence-electron chi connectivity index (χ0n) is 17.7. The average Bonchev–Trinajstić information content (AvgIpc) is 3.28. The minimum Gasteiger partial charge on any atom is -0.431 e. The maximum atomic E-state index is 13.1. The maximum absolute atomic E-state index is 13.1. The second-order valence-corrected chi connectivity index (χ2v) is 8.13. The van der Waals surface area contributed by atoms with E-state index in [0.29, 0.717) is 33.5 Å². The van der Waals surface area contributed by atoms with Crippen molar-refractivity contribution in [1.82, 2.24) is 4.98 Å². The highest BCUT2D eigenvalue weighted by Gasteiger charge is 2.15. The number of aryl methyl sites for hydroxylation is 1. The van der Waals surface area contributed by atoms with Crippen molar-refractivity contribution in [3.05, 3.63) is 95.9 Å². The molecule has 4 aromatic rings. The molecule has 0 spiro atoms. The number of hydrogen-bond donors (Lipinski definition) is 2. The summed E-state index contributed by atoms with van der Waals surface area (Å²) in [6.45, 7) is 1.94. The summed E-state index contributed by atoms with van der Waals surface area (Å²) in [6, 6.07) is 20.1. The molecule has 2 amide bonds. The zero-order valence-corrected chi connectivity index (χ0v) is 18.5. The average molecular weight is 462 g/mol. The van der Waals surface area contributed by atoms with Crippen molar-refractivity contribution in [2.45, 2.75) is 12.1 Å². The van der Waals surface area contributed by atoms with Crippen LogP contribution in [0.4, 0.5) is 15.8 Å². The Morgan fingerprint density at radius 1 is 1.00 bits per heavy atom. The summed E-state index contributed by atoms with van der Waals surface area (Å²) in [5.74, 6) is -0.441. The van der Waals surface area contributed by atoms with Gasteiger partial charge < -0.3 is 15.1 Å². The maximum Gasteiger partial charge on any atom is 0.257 e. The molecule has 6 nitrogen and oxygen atoms in total. The molecule has 166 valence electrons. The summed E-state index contributed by atoms with van der Waals surface area (Å²) < 4.78 is 18.7. The van der Waals surface area contributed by atoms with Crippen molar-refractivity contribution in [2.24, 2.45) is 0 Å². The summed E-state index contributed by atoms with van der Waals surface area (Å²) >= 11 is 1.12. The van der Waals surface area contributed by atoms with Gasteiger partial charge in [-0.2, -0.15) is 0 Å². The molecule has 1 heterocycles. The number of thioether (sulfide) groups is 1. The van der Waals surface area contributed by atoms with E-state index in [-0.39, 0.29) is 23.4 Å². The Hall–Kier alpha value is -3.91. The molecule has 0 aliphatic heterocycles. The molecule has 4 rings (SSSR count). The van der Waals surface area contributed by atoms with Crippen LogP contribution in [0.2, 0.25) is 0 Å². The van der Waals surface area contributed by atoms with E-state index in [4.69, 9.17) is 4.42 Å². The normalized spacial score (nSPS) is 10.6. The van der Waals surface area contributed by atoms with Crippen LogP contribution in [0.25, 0.3) is 11.3 Å². The number of para-hydroxylation sites is 1. The van der Waals surface area contributed by atoms with E-state index < -0.39 is 0 Å². The lowest BCUT2D eigenvalue weighted by Gasteiger charge is -2.11. The van der Waals surface area contributed by atoms with Crippen LogP contribution in [0.15, 0.2) is 88.6 Å². The fourth-order valence-corrected chi connectivity index (χ4v) is 3.70. The van der Waals surface area contributed by atoms with Gasteiger partial charge in [-0.1, -0.05) is 36.0 Å². The van der Waals surface area contributed by atoms with Gasteiger partial charge >= 0.3 is 0 Å². The number of benzene rings is 3. The van der Waals surface area contributed by atoms with Crippen LogP contribution in [0.5, 0.6) is 0 Å². The van der Waals surface area contributed by atoms with Crippen LogP contribution in [-0.4, -0.2) is 22.6 Å². The molecule has 0 bridgehead atoms. The molecule has 0 aliphatic carbocycles. The highest BCUT2D eigenvalue weighted by Crippen LogP contribution is 2.26. The Bertz CT molecular complexity index is 1290. The Balaban J connectivity index is 1.37. The van der Waals surface area contributed by atoms with Crippen molar-refractivity contribution in [3.63, 3.8) is 0 Å². The first-order valence-corrected chi connectivity index (χ1v) is 11.1. The third-order valence-electron chi connectivity index (χ3n) is 4.66. The Labute approximate surface area is 194 Å². The molecule has 1 aromatic heterocycles. The monoisotopic (exact) mass is 461 g/mol. The number of carbonyl (C=O) groups excluding carboxylic acids is 2. The van der Waals surface area contributed by atoms with Crippen LogP contribution in [0.3, 0.4) is 0 Å². The zero-order chi connectivity index (χ0) is 23.2. The van der Waals surface area contributed by atoms with Gasteiger partial charge in [-0.05, 0) is 61.0 Å². The molecular formula is C25H20FN3O3S. The standard InChI is InChI=1S/C25H20FN3O3S/c1-16-5-4-6-19(13-16)28-24(31)20-7-2-3-8-21(20)29-23(30)15-33-25-27-14-22(32-25)17-9-11-18(26)12-10-17/h2-14H,15H2,1H3,(H,28,31)(H,29,30). The molecule has 0 saturated carbocycles. The van der Waals surface area contributed by atoms with Crippen LogP contribution in [0.1, 0.15) is 15.9 Å². The number of rotatable bonds is 7. The first kappa shape index (κ1) is 22.3. The lowest BCUT2D eigenvalue weighted by atomic mass is 10.1. The van der Waals surface area contributed by atoms with Crippen LogP contribution < -0.4 is 10.6 Å². The van der Waals surface area contributed by atoms with Crippen molar-refractivity contribution < 1.29 is 18.4 Å². The Morgan fingerprint density at radius 2 is 1.79 bits per heavy atom. The van der Waals surface area contributed by atoms with E-state index in [1.54, 1.807) is 42.5 Å². The van der Waals surface area contributed by atoms with Crippen LogP contribution in [-0.2, 0) is 4.79 Å². The van der Waals surface area contributed by atoms with Gasteiger partial charge in [0, 0.05) is 11.3 Å². The molecule has 33 heavy (non-hydrogen) atoms. The highest BCUT2D eigenvalue weighted by molar-refractivity contribution is 7.99. The van der Waals surface area contributed by atoms with Crippen molar-refractivity contribution in [2.75, 3.05) is 16.4 Å². The summed E-state index contributed by atoms with van der Waals surface area (Å²) in [5.41, 5.74) is 3.16. The summed E-state index contributed by atoms with van der Waals surface area (Å²) in [6.07, 6.45) is 1.53. The molecule has 0 fully saturated rings. The van der Waals surface area contributed by atoms with Gasteiger partial charge in [0.25, 0.3) is 11.1 Å². The number of amides is 2. The molecule has 0 radical (unpaired) electrons. The van der Waals surface area contributed by atoms with E-state index >= 15 is 0 Å². The van der Waals surface area contributed by atoms with Gasteiger partial charge in [0.05, 0.1) is 23.2 Å². The quantitative estimate of drug-likeness (QED) is 0.341. The topological polar surface area (TPSA) is 84.2 Å². The first-order chi connectivity index (χ1) is 16.0. The van der Waals surface area contributed by atoms with Crippen molar-refractivity contribution in [3.8, 4) is 11.3 Å². The molecule has 0 atom stereocenters. The predicted octanol–water partition coefficient (Wildman–Crippen LogP) is 5.77. The molecular weight excluding hydrogens is 441 g/mol. The van der Waals surface area contributed by atoms with Crippen molar-refractivity contribution in [1.29, 1.82) is 0 Å². The second kappa shape index (κ2) is 10.1. The number of aromatic nitrogens is 1. The molecule has 3 aromatic carbocycles. The van der Waals surface area contributed by atoms with Gasteiger partial charge in [0.2, 0.25) is 5.91 Å². The largest absolute Gasteiger partial charge is 0.431 e. The Morgan fingerprint density at radius 3 is 2.58 bits per heavy atom. The number of carbonyl (C=O) groups is 2. The summed E-state index contributed by atoms with van der Waals surface area (Å²) in [7, 11) is 0. The lowest BCUT2D eigenvalue weighted by Crippen LogP contribution is -2.19. The molecule has 0 saturated heterocycles. The SMILES string of the molecule is Cc1cccc(NC(=O)c2ccccc2NC(=O)CSc2ncc(-c3ccc(F)cc3)o2)c1.